The molecule has 3 aromatic rings. The topological polar surface area (TPSA) is 20.2 Å². The zero-order valence-corrected chi connectivity index (χ0v) is 14.7. The molecular formula is C24H26O. The summed E-state index contributed by atoms with van der Waals surface area (Å²) in [5.74, 6) is 0. The first-order valence-corrected chi connectivity index (χ1v) is 9.23. The molecule has 0 aliphatic heterocycles. The number of hydrogen-bond donors (Lipinski definition) is 1. The van der Waals surface area contributed by atoms with E-state index in [1.54, 1.807) is 0 Å². The molecule has 3 aromatic carbocycles. The van der Waals surface area contributed by atoms with Gasteiger partial charge in [0.2, 0.25) is 0 Å². The van der Waals surface area contributed by atoms with Gasteiger partial charge in [-0.05, 0) is 47.1 Å². The van der Waals surface area contributed by atoms with Gasteiger partial charge >= 0.3 is 0 Å². The maximum Gasteiger partial charge on any atom is 0.0431 e. The van der Waals surface area contributed by atoms with E-state index in [1.807, 2.05) is 0 Å². The first-order valence-electron chi connectivity index (χ1n) is 9.23. The lowest BCUT2D eigenvalue weighted by molar-refractivity contribution is 0.282. The van der Waals surface area contributed by atoms with Gasteiger partial charge in [-0.15, -0.1) is 0 Å². The third-order valence-electron chi connectivity index (χ3n) is 4.62. The number of aliphatic hydroxyl groups excluding tert-OH is 1. The molecule has 1 N–H and O–H groups in total. The monoisotopic (exact) mass is 330 g/mol. The van der Waals surface area contributed by atoms with Crippen LogP contribution in [-0.2, 0) is 6.42 Å². The highest BCUT2D eigenvalue weighted by molar-refractivity contribution is 5.83. The molecule has 1 heteroatoms. The fourth-order valence-electron chi connectivity index (χ4n) is 3.29. The van der Waals surface area contributed by atoms with E-state index in [0.717, 1.165) is 19.3 Å². The molecule has 0 aliphatic carbocycles. The Morgan fingerprint density at radius 3 is 1.96 bits per heavy atom. The van der Waals surface area contributed by atoms with Crippen molar-refractivity contribution in [3.05, 3.63) is 84.4 Å². The summed E-state index contributed by atoms with van der Waals surface area (Å²) >= 11 is 0. The first kappa shape index (κ1) is 17.4. The van der Waals surface area contributed by atoms with E-state index in [2.05, 4.69) is 78.9 Å². The molecule has 0 amide bonds. The Hall–Kier alpha value is -2.38. The average molecular weight is 330 g/mol. The third-order valence-corrected chi connectivity index (χ3v) is 4.62. The summed E-state index contributed by atoms with van der Waals surface area (Å²) in [7, 11) is 0. The van der Waals surface area contributed by atoms with Crippen LogP contribution in [0.2, 0.25) is 0 Å². The van der Waals surface area contributed by atoms with Gasteiger partial charge in [-0.25, -0.2) is 0 Å². The van der Waals surface area contributed by atoms with Crippen molar-refractivity contribution in [3.63, 3.8) is 0 Å². The molecule has 25 heavy (non-hydrogen) atoms. The fourth-order valence-corrected chi connectivity index (χ4v) is 3.29. The van der Waals surface area contributed by atoms with E-state index in [4.69, 9.17) is 5.11 Å². The largest absolute Gasteiger partial charge is 0.396 e. The lowest BCUT2D eigenvalue weighted by Gasteiger charge is -2.11. The molecule has 0 saturated heterocycles. The van der Waals surface area contributed by atoms with Gasteiger partial charge in [-0.1, -0.05) is 91.7 Å². The predicted molar refractivity (Wildman–Crippen MR) is 107 cm³/mol. The maximum absolute atomic E-state index is 8.87. The fraction of sp³-hybridized carbons (Fsp3) is 0.250. The van der Waals surface area contributed by atoms with Crippen LogP contribution in [0.3, 0.4) is 0 Å². The van der Waals surface area contributed by atoms with Gasteiger partial charge in [0.15, 0.2) is 0 Å². The number of rotatable bonds is 8. The second-order valence-corrected chi connectivity index (χ2v) is 6.50. The Labute approximate surface area is 151 Å². The Bertz CT molecular complexity index is 777. The van der Waals surface area contributed by atoms with Crippen LogP contribution in [0.1, 0.15) is 31.2 Å². The zero-order valence-electron chi connectivity index (χ0n) is 14.7. The zero-order chi connectivity index (χ0) is 17.3. The molecule has 0 aromatic heterocycles. The van der Waals surface area contributed by atoms with Crippen LogP contribution in [0.15, 0.2) is 78.9 Å². The first-order chi connectivity index (χ1) is 12.4. The second kappa shape index (κ2) is 9.19. The summed E-state index contributed by atoms with van der Waals surface area (Å²) in [6.07, 6.45) is 5.51. The number of aryl methyl sites for hydroxylation is 1. The second-order valence-electron chi connectivity index (χ2n) is 6.50. The minimum Gasteiger partial charge on any atom is -0.396 e. The number of benzene rings is 3. The van der Waals surface area contributed by atoms with E-state index in [9.17, 15) is 0 Å². The third kappa shape index (κ3) is 4.80. The highest BCUT2D eigenvalue weighted by atomic mass is 16.2. The Morgan fingerprint density at radius 2 is 1.20 bits per heavy atom. The SMILES string of the molecule is OCCCCCCc1cccc(-c2ccccc2-c2ccccc2)c1. The van der Waals surface area contributed by atoms with E-state index < -0.39 is 0 Å². The normalized spacial score (nSPS) is 10.8. The van der Waals surface area contributed by atoms with Crippen LogP contribution in [0.5, 0.6) is 0 Å². The van der Waals surface area contributed by atoms with Crippen molar-refractivity contribution in [1.82, 2.24) is 0 Å². The summed E-state index contributed by atoms with van der Waals surface area (Å²) in [5, 5.41) is 8.87. The summed E-state index contributed by atoms with van der Waals surface area (Å²) < 4.78 is 0. The van der Waals surface area contributed by atoms with Gasteiger partial charge in [0, 0.05) is 6.61 Å². The summed E-state index contributed by atoms with van der Waals surface area (Å²) in [6, 6.07) is 28.1. The average Bonchev–Trinajstić information content (AvgIpc) is 2.69. The van der Waals surface area contributed by atoms with Crippen LogP contribution in [0, 0.1) is 0 Å². The Balaban J connectivity index is 1.80. The lowest BCUT2D eigenvalue weighted by Crippen LogP contribution is -1.90. The molecule has 0 aliphatic rings. The Kier molecular flexibility index (Phi) is 6.42. The van der Waals surface area contributed by atoms with Crippen molar-refractivity contribution in [2.24, 2.45) is 0 Å². The molecule has 0 heterocycles. The highest BCUT2D eigenvalue weighted by Crippen LogP contribution is 2.32. The number of hydrogen-bond acceptors (Lipinski definition) is 1. The van der Waals surface area contributed by atoms with E-state index in [1.165, 1.54) is 40.7 Å². The maximum atomic E-state index is 8.87. The van der Waals surface area contributed by atoms with Crippen LogP contribution >= 0.6 is 0 Å². The van der Waals surface area contributed by atoms with Crippen LogP contribution in [-0.4, -0.2) is 11.7 Å². The highest BCUT2D eigenvalue weighted by Gasteiger charge is 2.07. The molecule has 3 rings (SSSR count). The lowest BCUT2D eigenvalue weighted by atomic mass is 9.93. The molecule has 0 saturated carbocycles. The van der Waals surface area contributed by atoms with Crippen molar-refractivity contribution in [2.75, 3.05) is 6.61 Å². The molecular weight excluding hydrogens is 304 g/mol. The van der Waals surface area contributed by atoms with Crippen molar-refractivity contribution in [2.45, 2.75) is 32.1 Å². The molecule has 1 nitrogen and oxygen atoms in total. The van der Waals surface area contributed by atoms with Crippen LogP contribution in [0.25, 0.3) is 22.3 Å². The Morgan fingerprint density at radius 1 is 0.560 bits per heavy atom. The molecule has 0 atom stereocenters. The van der Waals surface area contributed by atoms with Crippen molar-refractivity contribution in [1.29, 1.82) is 0 Å². The smallest absolute Gasteiger partial charge is 0.0431 e. The van der Waals surface area contributed by atoms with E-state index in [-0.39, 0.29) is 0 Å². The van der Waals surface area contributed by atoms with Gasteiger partial charge < -0.3 is 5.11 Å². The summed E-state index contributed by atoms with van der Waals surface area (Å²) in [4.78, 5) is 0. The van der Waals surface area contributed by atoms with Gasteiger partial charge in [-0.3, -0.25) is 0 Å². The van der Waals surface area contributed by atoms with Gasteiger partial charge in [-0.2, -0.15) is 0 Å². The van der Waals surface area contributed by atoms with Gasteiger partial charge in [0.05, 0.1) is 0 Å². The van der Waals surface area contributed by atoms with Crippen molar-refractivity contribution in [3.8, 4) is 22.3 Å². The predicted octanol–water partition coefficient (Wildman–Crippen LogP) is 6.12. The molecule has 0 unspecified atom stereocenters. The molecule has 0 radical (unpaired) electrons. The van der Waals surface area contributed by atoms with Gasteiger partial charge in [0.1, 0.15) is 0 Å². The minimum atomic E-state index is 0.311. The summed E-state index contributed by atoms with van der Waals surface area (Å²) in [5.41, 5.74) is 6.50. The quantitative estimate of drug-likeness (QED) is 0.494. The summed E-state index contributed by atoms with van der Waals surface area (Å²) in [6.45, 7) is 0.311. The van der Waals surface area contributed by atoms with E-state index in [0.29, 0.717) is 6.61 Å². The van der Waals surface area contributed by atoms with Crippen LogP contribution < -0.4 is 0 Å². The molecule has 0 spiro atoms. The minimum absolute atomic E-state index is 0.311. The van der Waals surface area contributed by atoms with Gasteiger partial charge in [0.25, 0.3) is 0 Å². The molecule has 0 bridgehead atoms. The van der Waals surface area contributed by atoms with E-state index >= 15 is 0 Å². The standard InChI is InChI=1S/C24H26O/c25-18-9-2-1-4-11-20-12-10-15-22(19-20)24-17-8-7-16-23(24)21-13-5-3-6-14-21/h3,5-8,10,12-17,19,25H,1-2,4,9,11,18H2. The molecule has 128 valence electrons. The molecule has 0 fully saturated rings. The van der Waals surface area contributed by atoms with Crippen molar-refractivity contribution >= 4 is 0 Å². The number of unbranched alkanes of at least 4 members (excludes halogenated alkanes) is 3. The van der Waals surface area contributed by atoms with Crippen LogP contribution in [0.4, 0.5) is 0 Å². The van der Waals surface area contributed by atoms with Crippen molar-refractivity contribution < 1.29 is 5.11 Å². The number of aliphatic hydroxyl groups is 1.